The van der Waals surface area contributed by atoms with Crippen LogP contribution in [0.15, 0.2) is 12.3 Å². The van der Waals surface area contributed by atoms with Gasteiger partial charge in [0, 0.05) is 37.8 Å². The van der Waals surface area contributed by atoms with Crippen LogP contribution in [-0.2, 0) is 7.05 Å². The lowest BCUT2D eigenvalue weighted by molar-refractivity contribution is 0.499. The van der Waals surface area contributed by atoms with Gasteiger partial charge in [0.2, 0.25) is 0 Å². The van der Waals surface area contributed by atoms with Crippen molar-refractivity contribution in [3.63, 3.8) is 0 Å². The lowest BCUT2D eigenvalue weighted by Gasteiger charge is -2.31. The standard InChI is InChI=1S/C13H19N5/c1-9-7-12(18-5-3-10(14)4-6-18)15-13-11(9)8-17(2)16-13/h7-8,10H,3-6,14H2,1-2H3. The van der Waals surface area contributed by atoms with Crippen molar-refractivity contribution in [3.8, 4) is 0 Å². The van der Waals surface area contributed by atoms with Crippen LogP contribution in [-0.4, -0.2) is 33.9 Å². The molecule has 18 heavy (non-hydrogen) atoms. The van der Waals surface area contributed by atoms with Gasteiger partial charge in [-0.25, -0.2) is 4.98 Å². The molecule has 0 aromatic carbocycles. The van der Waals surface area contributed by atoms with Gasteiger partial charge in [0.15, 0.2) is 5.65 Å². The van der Waals surface area contributed by atoms with E-state index in [0.29, 0.717) is 6.04 Å². The molecule has 0 unspecified atom stereocenters. The van der Waals surface area contributed by atoms with Gasteiger partial charge in [0.25, 0.3) is 0 Å². The number of fused-ring (bicyclic) bond motifs is 1. The van der Waals surface area contributed by atoms with Crippen LogP contribution in [0.2, 0.25) is 0 Å². The summed E-state index contributed by atoms with van der Waals surface area (Å²) in [6.07, 6.45) is 4.11. The van der Waals surface area contributed by atoms with Crippen molar-refractivity contribution in [2.75, 3.05) is 18.0 Å². The summed E-state index contributed by atoms with van der Waals surface area (Å²) in [5.74, 6) is 1.03. The number of piperidine rings is 1. The van der Waals surface area contributed by atoms with Crippen LogP contribution < -0.4 is 10.6 Å². The Kier molecular flexibility index (Phi) is 2.70. The number of anilines is 1. The topological polar surface area (TPSA) is 60.0 Å². The van der Waals surface area contributed by atoms with Crippen molar-refractivity contribution in [2.24, 2.45) is 12.8 Å². The summed E-state index contributed by atoms with van der Waals surface area (Å²) in [6, 6.07) is 2.50. The van der Waals surface area contributed by atoms with Crippen LogP contribution in [0.4, 0.5) is 5.82 Å². The summed E-state index contributed by atoms with van der Waals surface area (Å²) in [5.41, 5.74) is 8.01. The molecule has 0 saturated carbocycles. The third-order valence-corrected chi connectivity index (χ3v) is 3.66. The van der Waals surface area contributed by atoms with Gasteiger partial charge in [0.05, 0.1) is 0 Å². The fourth-order valence-corrected chi connectivity index (χ4v) is 2.54. The van der Waals surface area contributed by atoms with E-state index in [1.54, 1.807) is 0 Å². The summed E-state index contributed by atoms with van der Waals surface area (Å²) >= 11 is 0. The third-order valence-electron chi connectivity index (χ3n) is 3.66. The molecule has 0 aliphatic carbocycles. The van der Waals surface area contributed by atoms with E-state index in [9.17, 15) is 0 Å². The quantitative estimate of drug-likeness (QED) is 0.820. The molecule has 1 saturated heterocycles. The smallest absolute Gasteiger partial charge is 0.183 e. The van der Waals surface area contributed by atoms with Gasteiger partial charge in [-0.15, -0.1) is 0 Å². The van der Waals surface area contributed by atoms with Gasteiger partial charge < -0.3 is 10.6 Å². The minimum absolute atomic E-state index is 0.348. The SMILES string of the molecule is Cc1cc(N2CCC(N)CC2)nc2nn(C)cc12. The van der Waals surface area contributed by atoms with Gasteiger partial charge in [-0.2, -0.15) is 5.10 Å². The first kappa shape index (κ1) is 11.5. The van der Waals surface area contributed by atoms with Crippen LogP contribution in [0.25, 0.3) is 11.0 Å². The summed E-state index contributed by atoms with van der Waals surface area (Å²) in [4.78, 5) is 6.97. The maximum atomic E-state index is 5.94. The molecule has 1 aliphatic rings. The lowest BCUT2D eigenvalue weighted by Crippen LogP contribution is -2.40. The number of aryl methyl sites for hydroxylation is 2. The zero-order valence-electron chi connectivity index (χ0n) is 10.9. The molecule has 0 spiro atoms. The Morgan fingerprint density at radius 2 is 2.06 bits per heavy atom. The number of hydrogen-bond acceptors (Lipinski definition) is 4. The maximum absolute atomic E-state index is 5.94. The molecule has 3 rings (SSSR count). The number of nitrogens with two attached hydrogens (primary N) is 1. The highest BCUT2D eigenvalue weighted by atomic mass is 15.3. The lowest BCUT2D eigenvalue weighted by atomic mass is 10.1. The highest BCUT2D eigenvalue weighted by molar-refractivity contribution is 5.80. The third kappa shape index (κ3) is 1.95. The van der Waals surface area contributed by atoms with Gasteiger partial charge in [-0.1, -0.05) is 0 Å². The Morgan fingerprint density at radius 3 is 2.78 bits per heavy atom. The first-order valence-electron chi connectivity index (χ1n) is 6.45. The molecule has 0 radical (unpaired) electrons. The predicted molar refractivity (Wildman–Crippen MR) is 72.7 cm³/mol. The molecule has 96 valence electrons. The summed E-state index contributed by atoms with van der Waals surface area (Å²) in [7, 11) is 1.93. The van der Waals surface area contributed by atoms with Gasteiger partial charge in [0.1, 0.15) is 5.82 Å². The Balaban J connectivity index is 1.97. The van der Waals surface area contributed by atoms with E-state index in [1.165, 1.54) is 5.56 Å². The fraction of sp³-hybridized carbons (Fsp3) is 0.538. The molecule has 5 heteroatoms. The molecule has 3 heterocycles. The number of nitrogens with zero attached hydrogens (tertiary/aromatic N) is 4. The van der Waals surface area contributed by atoms with Crippen molar-refractivity contribution in [2.45, 2.75) is 25.8 Å². The maximum Gasteiger partial charge on any atom is 0.183 e. The Bertz CT molecular complexity index is 566. The minimum atomic E-state index is 0.348. The van der Waals surface area contributed by atoms with E-state index in [2.05, 4.69) is 28.0 Å². The molecular weight excluding hydrogens is 226 g/mol. The highest BCUT2D eigenvalue weighted by Gasteiger charge is 2.18. The van der Waals surface area contributed by atoms with Crippen LogP contribution in [0.1, 0.15) is 18.4 Å². The van der Waals surface area contributed by atoms with E-state index in [1.807, 2.05) is 17.9 Å². The zero-order valence-corrected chi connectivity index (χ0v) is 10.9. The van der Waals surface area contributed by atoms with E-state index in [4.69, 9.17) is 5.73 Å². The molecule has 1 fully saturated rings. The van der Waals surface area contributed by atoms with Crippen molar-refractivity contribution >= 4 is 16.9 Å². The number of hydrogen-bond donors (Lipinski definition) is 1. The van der Waals surface area contributed by atoms with E-state index in [-0.39, 0.29) is 0 Å². The normalized spacial score (nSPS) is 17.6. The molecule has 2 N–H and O–H groups in total. The number of pyridine rings is 1. The number of rotatable bonds is 1. The summed E-state index contributed by atoms with van der Waals surface area (Å²) in [6.45, 7) is 4.10. The number of aromatic nitrogens is 3. The minimum Gasteiger partial charge on any atom is -0.356 e. The molecular formula is C13H19N5. The van der Waals surface area contributed by atoms with Crippen molar-refractivity contribution in [3.05, 3.63) is 17.8 Å². The Labute approximate surface area is 107 Å². The highest BCUT2D eigenvalue weighted by Crippen LogP contribution is 2.23. The molecule has 0 atom stereocenters. The van der Waals surface area contributed by atoms with Crippen molar-refractivity contribution < 1.29 is 0 Å². The molecule has 5 nitrogen and oxygen atoms in total. The van der Waals surface area contributed by atoms with E-state index >= 15 is 0 Å². The molecule has 1 aliphatic heterocycles. The van der Waals surface area contributed by atoms with Gasteiger partial charge in [-0.05, 0) is 31.4 Å². The zero-order chi connectivity index (χ0) is 12.7. The second kappa shape index (κ2) is 4.24. The van der Waals surface area contributed by atoms with Crippen LogP contribution in [0.3, 0.4) is 0 Å². The van der Waals surface area contributed by atoms with E-state index in [0.717, 1.165) is 42.8 Å². The van der Waals surface area contributed by atoms with Crippen molar-refractivity contribution in [1.82, 2.24) is 14.8 Å². The molecule has 0 bridgehead atoms. The summed E-state index contributed by atoms with van der Waals surface area (Å²) in [5, 5.41) is 5.53. The average Bonchev–Trinajstić information content (AvgIpc) is 2.71. The van der Waals surface area contributed by atoms with Crippen LogP contribution in [0.5, 0.6) is 0 Å². The predicted octanol–water partition coefficient (Wildman–Crippen LogP) is 1.20. The second-order valence-electron chi connectivity index (χ2n) is 5.16. The largest absolute Gasteiger partial charge is 0.356 e. The van der Waals surface area contributed by atoms with E-state index < -0.39 is 0 Å². The Morgan fingerprint density at radius 1 is 1.33 bits per heavy atom. The monoisotopic (exact) mass is 245 g/mol. The first-order chi connectivity index (χ1) is 8.63. The molecule has 0 amide bonds. The summed E-state index contributed by atoms with van der Waals surface area (Å²) < 4.78 is 1.82. The van der Waals surface area contributed by atoms with Crippen LogP contribution >= 0.6 is 0 Å². The average molecular weight is 245 g/mol. The van der Waals surface area contributed by atoms with Gasteiger partial charge in [-0.3, -0.25) is 4.68 Å². The first-order valence-corrected chi connectivity index (χ1v) is 6.45. The van der Waals surface area contributed by atoms with Crippen molar-refractivity contribution in [1.29, 1.82) is 0 Å². The molecule has 2 aromatic heterocycles. The molecule has 2 aromatic rings. The van der Waals surface area contributed by atoms with Gasteiger partial charge >= 0.3 is 0 Å². The second-order valence-corrected chi connectivity index (χ2v) is 5.16. The van der Waals surface area contributed by atoms with Crippen LogP contribution in [0, 0.1) is 6.92 Å². The fourth-order valence-electron chi connectivity index (χ4n) is 2.54. The Hall–Kier alpha value is -1.62.